The Kier molecular flexibility index (Phi) is 4.53. The maximum Gasteiger partial charge on any atom is 0.146 e. The normalized spacial score (nSPS) is 17.5. The summed E-state index contributed by atoms with van der Waals surface area (Å²) in [6, 6.07) is 20.0. The lowest BCUT2D eigenvalue weighted by atomic mass is 10.1. The number of nitrogens with zero attached hydrogens (tertiary/aromatic N) is 5. The van der Waals surface area contributed by atoms with Crippen molar-refractivity contribution in [3.8, 4) is 17.3 Å². The molecule has 2 aliphatic rings. The monoisotopic (exact) mass is 550 g/mol. The summed E-state index contributed by atoms with van der Waals surface area (Å²) in [5, 5.41) is 2.06. The van der Waals surface area contributed by atoms with E-state index in [1.165, 1.54) is 0 Å². The van der Waals surface area contributed by atoms with Gasteiger partial charge in [-0.05, 0) is 85.3 Å². The highest BCUT2D eigenvalue weighted by Crippen LogP contribution is 2.38. The fraction of sp³-hybridized carbons (Fsp3) is 0.0556. The number of aryl methyl sites for hydroxylation is 1. The molecule has 3 aromatic heterocycles. The third-order valence-corrected chi connectivity index (χ3v) is 7.49. The van der Waals surface area contributed by atoms with Crippen molar-refractivity contribution >= 4 is 33.3 Å². The number of ether oxygens (including phenoxy) is 1. The van der Waals surface area contributed by atoms with E-state index in [0.29, 0.717) is 11.5 Å². The Bertz CT molecular complexity index is 2320. The average molecular weight is 551 g/mol. The van der Waals surface area contributed by atoms with Crippen LogP contribution in [0.3, 0.4) is 0 Å². The Morgan fingerprint density at radius 1 is 0.810 bits per heavy atom. The van der Waals surface area contributed by atoms with Crippen molar-refractivity contribution < 1.29 is 11.6 Å². The van der Waals surface area contributed by atoms with Gasteiger partial charge in [-0.25, -0.2) is 9.97 Å². The molecule has 1 unspecified atom stereocenters. The first-order chi connectivity index (χ1) is 22.8. The van der Waals surface area contributed by atoms with Crippen LogP contribution >= 0.6 is 0 Å². The van der Waals surface area contributed by atoms with Crippen LogP contribution in [0.25, 0.3) is 33.5 Å². The molecule has 0 N–H and O–H groups in total. The van der Waals surface area contributed by atoms with Crippen molar-refractivity contribution in [2.24, 2.45) is 0 Å². The molecular formula is C36H27N5O. The van der Waals surface area contributed by atoms with E-state index in [-0.39, 0.29) is 29.9 Å². The lowest BCUT2D eigenvalue weighted by molar-refractivity contribution is 0.470. The highest BCUT2D eigenvalue weighted by molar-refractivity contribution is 6.08. The summed E-state index contributed by atoms with van der Waals surface area (Å²) in [7, 11) is 0. The first-order valence-corrected chi connectivity index (χ1v) is 13.6. The van der Waals surface area contributed by atoms with E-state index in [9.17, 15) is 0 Å². The van der Waals surface area contributed by atoms with Gasteiger partial charge in [-0.15, -0.1) is 0 Å². The van der Waals surface area contributed by atoms with Gasteiger partial charge in [0.2, 0.25) is 0 Å². The van der Waals surface area contributed by atoms with E-state index in [1.807, 2.05) is 108 Å². The predicted octanol–water partition coefficient (Wildman–Crippen LogP) is 8.20. The van der Waals surface area contributed by atoms with Gasteiger partial charge in [-0.1, -0.05) is 36.3 Å². The van der Waals surface area contributed by atoms with Gasteiger partial charge in [-0.2, -0.15) is 0 Å². The second kappa shape index (κ2) is 9.78. The molecule has 0 radical (unpaired) electrons. The van der Waals surface area contributed by atoms with E-state index >= 15 is 0 Å². The molecule has 6 heteroatoms. The summed E-state index contributed by atoms with van der Waals surface area (Å²) in [4.78, 5) is 13.1. The lowest BCUT2D eigenvalue weighted by Crippen LogP contribution is -2.35. The van der Waals surface area contributed by atoms with Crippen LogP contribution in [0.2, 0.25) is 0 Å². The van der Waals surface area contributed by atoms with E-state index in [4.69, 9.17) is 11.6 Å². The Balaban J connectivity index is 1.19. The molecule has 0 spiro atoms. The third kappa shape index (κ3) is 4.04. The van der Waals surface area contributed by atoms with E-state index < -0.39 is 12.2 Å². The number of allylic oxidation sites excluding steroid dienone is 2. The molecule has 1 atom stereocenters. The van der Waals surface area contributed by atoms with E-state index in [2.05, 4.69) is 16.0 Å². The number of anilines is 1. The van der Waals surface area contributed by atoms with Crippen LogP contribution in [-0.2, 0) is 0 Å². The number of hydrogen-bond donors (Lipinski definition) is 0. The smallest absolute Gasteiger partial charge is 0.146 e. The summed E-state index contributed by atoms with van der Waals surface area (Å²) in [5.74, 6) is 2.04. The largest absolute Gasteiger partial charge is 0.457 e. The summed E-state index contributed by atoms with van der Waals surface area (Å²) in [6.07, 6.45) is 12.6. The Morgan fingerprint density at radius 3 is 2.62 bits per heavy atom. The molecule has 0 saturated heterocycles. The van der Waals surface area contributed by atoms with Gasteiger partial charge in [0.05, 0.1) is 18.1 Å². The molecule has 0 fully saturated rings. The number of aromatic nitrogens is 3. The maximum atomic E-state index is 8.58. The standard InChI is InChI=1S/C36H27N5O/c1-25-17-19-37-34(21-25)41-32-23-29(15-16-30(32)31-13-8-18-38-36(31)41)42-28-12-7-9-26(22-28)33-24-40(27-10-3-2-4-11-27)35-14-5-6-20-39(33)35/h2-24,35H,1H3/i2D,3D,4D,10D,11D. The summed E-state index contributed by atoms with van der Waals surface area (Å²) >= 11 is 0. The van der Waals surface area contributed by atoms with Crippen molar-refractivity contribution in [2.75, 3.05) is 4.90 Å². The van der Waals surface area contributed by atoms with Gasteiger partial charge in [-0.3, -0.25) is 4.57 Å². The molecule has 202 valence electrons. The van der Waals surface area contributed by atoms with Gasteiger partial charge in [0.25, 0.3) is 0 Å². The molecule has 6 aromatic rings. The maximum absolute atomic E-state index is 8.58. The number of para-hydroxylation sites is 1. The molecule has 6 nitrogen and oxygen atoms in total. The lowest BCUT2D eigenvalue weighted by Gasteiger charge is -2.31. The molecule has 0 saturated carbocycles. The van der Waals surface area contributed by atoms with Crippen molar-refractivity contribution in [1.29, 1.82) is 0 Å². The molecule has 8 rings (SSSR count). The highest BCUT2D eigenvalue weighted by atomic mass is 16.5. The zero-order chi connectivity index (χ0) is 32.4. The van der Waals surface area contributed by atoms with E-state index in [1.54, 1.807) is 17.3 Å². The van der Waals surface area contributed by atoms with Crippen LogP contribution in [0, 0.1) is 6.92 Å². The minimum atomic E-state index is -0.419. The van der Waals surface area contributed by atoms with Crippen LogP contribution in [0.1, 0.15) is 18.0 Å². The van der Waals surface area contributed by atoms with Crippen molar-refractivity contribution in [3.05, 3.63) is 151 Å². The Morgan fingerprint density at radius 2 is 1.71 bits per heavy atom. The van der Waals surface area contributed by atoms with Crippen molar-refractivity contribution in [2.45, 2.75) is 13.1 Å². The van der Waals surface area contributed by atoms with Crippen LogP contribution in [0.5, 0.6) is 11.5 Å². The first kappa shape index (κ1) is 19.5. The molecule has 5 heterocycles. The number of fused-ring (bicyclic) bond motifs is 4. The van der Waals surface area contributed by atoms with Gasteiger partial charge in [0, 0.05) is 52.9 Å². The van der Waals surface area contributed by atoms with Crippen LogP contribution in [0.4, 0.5) is 5.69 Å². The molecular weight excluding hydrogens is 518 g/mol. The van der Waals surface area contributed by atoms with Gasteiger partial charge < -0.3 is 14.5 Å². The summed E-state index contributed by atoms with van der Waals surface area (Å²) in [5.41, 5.74) is 4.58. The second-order valence-electron chi connectivity index (χ2n) is 10.2. The molecule has 3 aromatic carbocycles. The highest BCUT2D eigenvalue weighted by Gasteiger charge is 2.31. The molecule has 42 heavy (non-hydrogen) atoms. The Labute approximate surface area is 250 Å². The van der Waals surface area contributed by atoms with Crippen molar-refractivity contribution in [1.82, 2.24) is 19.4 Å². The van der Waals surface area contributed by atoms with Crippen molar-refractivity contribution in [3.63, 3.8) is 0 Å². The molecule has 0 aliphatic carbocycles. The number of pyridine rings is 2. The Hall–Kier alpha value is -5.62. The number of hydrogen-bond acceptors (Lipinski definition) is 5. The van der Waals surface area contributed by atoms with E-state index in [0.717, 1.165) is 44.6 Å². The number of rotatable bonds is 5. The van der Waals surface area contributed by atoms with Crippen LogP contribution in [0.15, 0.2) is 140 Å². The third-order valence-electron chi connectivity index (χ3n) is 7.49. The minimum Gasteiger partial charge on any atom is -0.457 e. The summed E-state index contributed by atoms with van der Waals surface area (Å²) < 4.78 is 50.1. The summed E-state index contributed by atoms with van der Waals surface area (Å²) in [6.45, 7) is 2.04. The fourth-order valence-corrected chi connectivity index (χ4v) is 5.62. The first-order valence-electron chi connectivity index (χ1n) is 16.1. The fourth-order valence-electron chi connectivity index (χ4n) is 5.62. The predicted molar refractivity (Wildman–Crippen MR) is 168 cm³/mol. The zero-order valence-corrected chi connectivity index (χ0v) is 22.6. The van der Waals surface area contributed by atoms with Gasteiger partial charge >= 0.3 is 0 Å². The second-order valence-corrected chi connectivity index (χ2v) is 10.2. The topological polar surface area (TPSA) is 46.4 Å². The van der Waals surface area contributed by atoms with Gasteiger partial charge in [0.15, 0.2) is 0 Å². The zero-order valence-electron chi connectivity index (χ0n) is 27.6. The number of benzene rings is 3. The average Bonchev–Trinajstić information content (AvgIpc) is 3.63. The molecule has 0 amide bonds. The molecule has 0 bridgehead atoms. The van der Waals surface area contributed by atoms with Gasteiger partial charge in [0.1, 0.15) is 29.1 Å². The van der Waals surface area contributed by atoms with Crippen LogP contribution in [-0.4, -0.2) is 25.6 Å². The van der Waals surface area contributed by atoms with Crippen LogP contribution < -0.4 is 9.64 Å². The minimum absolute atomic E-state index is 0.120. The quantitative estimate of drug-likeness (QED) is 0.216. The molecule has 2 aliphatic heterocycles. The SMILES string of the molecule is [2H]c1c([2H])c([2H])c(N2C=C(c3cccc(Oc4ccc5c6cccnc6n(-c6cc(C)ccn6)c5c4)c3)N3C=CC=CC32)c([2H])c1[2H].